The maximum atomic E-state index is 10.8. The second-order valence-corrected chi connectivity index (χ2v) is 6.41. The molecule has 1 heterocycles. The van der Waals surface area contributed by atoms with Crippen molar-refractivity contribution in [3.8, 4) is 5.75 Å². The molecule has 0 unspecified atom stereocenters. The van der Waals surface area contributed by atoms with Crippen molar-refractivity contribution in [1.82, 2.24) is 9.55 Å². The number of ether oxygens (including phenoxy) is 1. The number of unbranched alkanes of at least 4 members (excludes halogenated alkanes) is 1. The second-order valence-electron chi connectivity index (χ2n) is 6.41. The molecular weight excluding hydrogens is 276 g/mol. The molecule has 0 fully saturated rings. The van der Waals surface area contributed by atoms with E-state index in [4.69, 9.17) is 4.74 Å². The predicted molar refractivity (Wildman–Crippen MR) is 87.4 cm³/mol. The zero-order valence-electron chi connectivity index (χ0n) is 13.6. The van der Waals surface area contributed by atoms with Gasteiger partial charge in [0.25, 0.3) is 0 Å². The Balaban J connectivity index is 1.76. The number of rotatable bonds is 7. The number of hydrogen-bond acceptors (Lipinski definition) is 3. The number of aldehydes is 1. The van der Waals surface area contributed by atoms with Crippen molar-refractivity contribution in [3.63, 3.8) is 0 Å². The van der Waals surface area contributed by atoms with Crippen LogP contribution in [0.2, 0.25) is 0 Å². The second kappa shape index (κ2) is 7.25. The number of nitrogens with zero attached hydrogens (tertiary/aromatic N) is 2. The molecule has 0 saturated heterocycles. The largest absolute Gasteiger partial charge is 0.488 e. The van der Waals surface area contributed by atoms with Crippen molar-refractivity contribution < 1.29 is 9.53 Å². The van der Waals surface area contributed by atoms with Crippen LogP contribution < -0.4 is 4.74 Å². The van der Waals surface area contributed by atoms with Gasteiger partial charge < -0.3 is 9.30 Å². The number of aromatic nitrogens is 2. The molecule has 4 heteroatoms. The molecule has 0 aliphatic rings. The smallest absolute Gasteiger partial charge is 0.185 e. The predicted octanol–water partition coefficient (Wildman–Crippen LogP) is 3.90. The molecule has 1 aromatic heterocycles. The van der Waals surface area contributed by atoms with E-state index in [1.807, 2.05) is 43.7 Å². The highest BCUT2D eigenvalue weighted by Crippen LogP contribution is 2.19. The van der Waals surface area contributed by atoms with Crippen LogP contribution in [0.3, 0.4) is 0 Å². The molecule has 22 heavy (non-hydrogen) atoms. The molecule has 0 amide bonds. The summed E-state index contributed by atoms with van der Waals surface area (Å²) in [4.78, 5) is 14.8. The van der Waals surface area contributed by atoms with Crippen LogP contribution in [0.25, 0.3) is 0 Å². The Kier molecular flexibility index (Phi) is 5.36. The lowest BCUT2D eigenvalue weighted by molar-refractivity contribution is 0.111. The van der Waals surface area contributed by atoms with Gasteiger partial charge in [-0.2, -0.15) is 0 Å². The van der Waals surface area contributed by atoms with E-state index in [1.54, 1.807) is 6.20 Å². The summed E-state index contributed by atoms with van der Waals surface area (Å²) in [6.45, 7) is 6.97. The summed E-state index contributed by atoms with van der Waals surface area (Å²) in [5.41, 5.74) is 1.14. The molecule has 2 aromatic rings. The van der Waals surface area contributed by atoms with Gasteiger partial charge in [-0.3, -0.25) is 4.79 Å². The topological polar surface area (TPSA) is 44.1 Å². The molecule has 0 spiro atoms. The van der Waals surface area contributed by atoms with Crippen molar-refractivity contribution >= 4 is 6.29 Å². The van der Waals surface area contributed by atoms with Gasteiger partial charge in [-0.1, -0.05) is 12.1 Å². The molecule has 0 N–H and O–H groups in total. The summed E-state index contributed by atoms with van der Waals surface area (Å²) >= 11 is 0. The van der Waals surface area contributed by atoms with Gasteiger partial charge in [0.05, 0.1) is 0 Å². The summed E-state index contributed by atoms with van der Waals surface area (Å²) in [5.74, 6) is 1.41. The first-order valence-corrected chi connectivity index (χ1v) is 7.72. The van der Waals surface area contributed by atoms with E-state index in [0.717, 1.165) is 37.8 Å². The van der Waals surface area contributed by atoms with Crippen LogP contribution in [-0.4, -0.2) is 21.4 Å². The minimum absolute atomic E-state index is 0.164. The fourth-order valence-corrected chi connectivity index (χ4v) is 2.32. The zero-order chi connectivity index (χ0) is 16.0. The first-order chi connectivity index (χ1) is 10.5. The lowest BCUT2D eigenvalue weighted by atomic mass is 10.1. The number of aryl methyl sites for hydroxylation is 2. The Morgan fingerprint density at radius 1 is 1.18 bits per heavy atom. The number of hydrogen-bond donors (Lipinski definition) is 0. The molecule has 0 radical (unpaired) electrons. The van der Waals surface area contributed by atoms with Gasteiger partial charge in [-0.25, -0.2) is 4.98 Å². The number of benzene rings is 1. The van der Waals surface area contributed by atoms with Gasteiger partial charge in [-0.15, -0.1) is 0 Å². The molecule has 0 saturated carbocycles. The summed E-state index contributed by atoms with van der Waals surface area (Å²) in [7, 11) is 0. The Hall–Kier alpha value is -2.10. The minimum Gasteiger partial charge on any atom is -0.488 e. The first-order valence-electron chi connectivity index (χ1n) is 7.72. The van der Waals surface area contributed by atoms with E-state index < -0.39 is 0 Å². The van der Waals surface area contributed by atoms with Gasteiger partial charge >= 0.3 is 0 Å². The lowest BCUT2D eigenvalue weighted by Crippen LogP contribution is -2.22. The first kappa shape index (κ1) is 16.3. The molecule has 0 bridgehead atoms. The minimum atomic E-state index is -0.164. The standard InChI is InChI=1S/C18H24N2O2/c1-18(2,3)22-16-9-7-15(8-10-16)6-4-5-12-20-13-11-19-17(20)14-21/h7-11,13-14H,4-6,12H2,1-3H3. The third-order valence-electron chi connectivity index (χ3n) is 3.31. The van der Waals surface area contributed by atoms with E-state index in [9.17, 15) is 4.79 Å². The molecule has 4 nitrogen and oxygen atoms in total. The van der Waals surface area contributed by atoms with E-state index in [2.05, 4.69) is 17.1 Å². The van der Waals surface area contributed by atoms with E-state index >= 15 is 0 Å². The van der Waals surface area contributed by atoms with E-state index in [-0.39, 0.29) is 5.60 Å². The Morgan fingerprint density at radius 2 is 1.91 bits per heavy atom. The van der Waals surface area contributed by atoms with Crippen molar-refractivity contribution in [2.75, 3.05) is 0 Å². The van der Waals surface area contributed by atoms with Gasteiger partial charge in [0.2, 0.25) is 0 Å². The van der Waals surface area contributed by atoms with Gasteiger partial charge in [0, 0.05) is 18.9 Å². The molecule has 0 aliphatic carbocycles. The van der Waals surface area contributed by atoms with Crippen molar-refractivity contribution in [2.45, 2.75) is 52.2 Å². The van der Waals surface area contributed by atoms with Crippen LogP contribution in [0, 0.1) is 0 Å². The maximum absolute atomic E-state index is 10.8. The van der Waals surface area contributed by atoms with E-state index in [1.165, 1.54) is 5.56 Å². The molecule has 118 valence electrons. The van der Waals surface area contributed by atoms with Crippen LogP contribution in [0.4, 0.5) is 0 Å². The van der Waals surface area contributed by atoms with Crippen LogP contribution in [-0.2, 0) is 13.0 Å². The summed E-state index contributed by atoms with van der Waals surface area (Å²) in [6, 6.07) is 8.30. The number of imidazole rings is 1. The normalized spacial score (nSPS) is 11.4. The fraction of sp³-hybridized carbons (Fsp3) is 0.444. The molecular formula is C18H24N2O2. The van der Waals surface area contributed by atoms with Crippen LogP contribution in [0.15, 0.2) is 36.7 Å². The number of carbonyl (C=O) groups excluding carboxylic acids is 1. The Labute approximate surface area is 132 Å². The highest BCUT2D eigenvalue weighted by atomic mass is 16.5. The quantitative estimate of drug-likeness (QED) is 0.575. The van der Waals surface area contributed by atoms with Crippen LogP contribution >= 0.6 is 0 Å². The SMILES string of the molecule is CC(C)(C)Oc1ccc(CCCCn2ccnc2C=O)cc1. The van der Waals surface area contributed by atoms with Crippen LogP contribution in [0.5, 0.6) is 5.75 Å². The molecule has 2 rings (SSSR count). The van der Waals surface area contributed by atoms with Crippen molar-refractivity contribution in [2.24, 2.45) is 0 Å². The average molecular weight is 300 g/mol. The maximum Gasteiger partial charge on any atom is 0.185 e. The third kappa shape index (κ3) is 5.02. The average Bonchev–Trinajstić information content (AvgIpc) is 2.91. The summed E-state index contributed by atoms with van der Waals surface area (Å²) in [5, 5.41) is 0. The van der Waals surface area contributed by atoms with Gasteiger partial charge in [0.1, 0.15) is 11.4 Å². The number of carbonyl (C=O) groups is 1. The highest BCUT2D eigenvalue weighted by molar-refractivity contribution is 5.69. The van der Waals surface area contributed by atoms with Crippen molar-refractivity contribution in [3.05, 3.63) is 48.0 Å². The van der Waals surface area contributed by atoms with E-state index in [0.29, 0.717) is 5.82 Å². The summed E-state index contributed by atoms with van der Waals surface area (Å²) in [6.07, 6.45) is 7.45. The zero-order valence-corrected chi connectivity index (χ0v) is 13.6. The highest BCUT2D eigenvalue weighted by Gasteiger charge is 2.11. The molecule has 1 aromatic carbocycles. The fourth-order valence-electron chi connectivity index (χ4n) is 2.32. The van der Waals surface area contributed by atoms with Gasteiger partial charge in [-0.05, 0) is 57.7 Å². The lowest BCUT2D eigenvalue weighted by Gasteiger charge is -2.21. The summed E-state index contributed by atoms with van der Waals surface area (Å²) < 4.78 is 7.71. The van der Waals surface area contributed by atoms with Gasteiger partial charge in [0.15, 0.2) is 12.1 Å². The van der Waals surface area contributed by atoms with Crippen LogP contribution in [0.1, 0.15) is 49.8 Å². The van der Waals surface area contributed by atoms with Crippen molar-refractivity contribution in [1.29, 1.82) is 0 Å². The monoisotopic (exact) mass is 300 g/mol. The molecule has 0 aliphatic heterocycles. The molecule has 0 atom stereocenters. The Morgan fingerprint density at radius 3 is 2.55 bits per heavy atom. The third-order valence-corrected chi connectivity index (χ3v) is 3.31. The Bertz CT molecular complexity index is 594.